The third kappa shape index (κ3) is 4.94. The molecule has 16 heavy (non-hydrogen) atoms. The highest BCUT2D eigenvalue weighted by Crippen LogP contribution is 2.18. The van der Waals surface area contributed by atoms with Gasteiger partial charge in [-0.1, -0.05) is 13.8 Å². The Bertz CT molecular complexity index is 220. The summed E-state index contributed by atoms with van der Waals surface area (Å²) in [6, 6.07) is 0. The summed E-state index contributed by atoms with van der Waals surface area (Å²) >= 11 is 0. The van der Waals surface area contributed by atoms with E-state index in [1.165, 1.54) is 0 Å². The van der Waals surface area contributed by atoms with Gasteiger partial charge in [-0.15, -0.1) is 0 Å². The molecular weight excluding hydrogens is 208 g/mol. The van der Waals surface area contributed by atoms with Crippen molar-refractivity contribution in [1.82, 2.24) is 0 Å². The Hall–Kier alpha value is -0.610. The molecule has 0 fully saturated rings. The molecule has 0 rings (SSSR count). The summed E-state index contributed by atoms with van der Waals surface area (Å²) in [4.78, 5) is 11.5. The molecule has 0 aliphatic rings. The first-order valence-electron chi connectivity index (χ1n) is 5.66. The van der Waals surface area contributed by atoms with Gasteiger partial charge in [0.05, 0.1) is 18.1 Å². The maximum Gasteiger partial charge on any atom is 0.311 e. The minimum absolute atomic E-state index is 0.0707. The molecule has 0 unspecified atom stereocenters. The number of rotatable bonds is 5. The van der Waals surface area contributed by atoms with Crippen LogP contribution in [0, 0.1) is 17.3 Å². The minimum Gasteiger partial charge on any atom is -0.465 e. The van der Waals surface area contributed by atoms with E-state index in [9.17, 15) is 9.90 Å². The molecule has 96 valence electrons. The summed E-state index contributed by atoms with van der Waals surface area (Å²) in [5.41, 5.74) is -0.521. The van der Waals surface area contributed by atoms with Crippen LogP contribution in [-0.2, 0) is 9.53 Å². The van der Waals surface area contributed by atoms with Gasteiger partial charge in [-0.2, -0.15) is 0 Å². The van der Waals surface area contributed by atoms with E-state index in [1.807, 2.05) is 0 Å². The number of ether oxygens (including phenoxy) is 1. The van der Waals surface area contributed by atoms with E-state index in [-0.39, 0.29) is 31.0 Å². The number of carbonyl (C=O) groups excluding carboxylic acids is 1. The average molecular weight is 232 g/mol. The topological polar surface area (TPSA) is 66.8 Å². The Labute approximate surface area is 97.6 Å². The fourth-order valence-corrected chi connectivity index (χ4v) is 1.19. The lowest BCUT2D eigenvalue weighted by molar-refractivity contribution is -0.155. The van der Waals surface area contributed by atoms with Crippen LogP contribution in [0.5, 0.6) is 0 Å². The van der Waals surface area contributed by atoms with E-state index in [1.54, 1.807) is 34.6 Å². The summed E-state index contributed by atoms with van der Waals surface area (Å²) in [7, 11) is 0. The van der Waals surface area contributed by atoms with Gasteiger partial charge in [-0.05, 0) is 20.8 Å². The maximum atomic E-state index is 11.5. The molecule has 0 aliphatic heterocycles. The predicted octanol–water partition coefficient (Wildman–Crippen LogP) is 1.20. The van der Waals surface area contributed by atoms with Gasteiger partial charge in [0.25, 0.3) is 0 Å². The van der Waals surface area contributed by atoms with E-state index in [0.717, 1.165) is 0 Å². The van der Waals surface area contributed by atoms with Gasteiger partial charge in [0.2, 0.25) is 0 Å². The quantitative estimate of drug-likeness (QED) is 0.699. The van der Waals surface area contributed by atoms with Crippen molar-refractivity contribution in [2.45, 2.75) is 40.7 Å². The van der Waals surface area contributed by atoms with Crippen LogP contribution in [0.1, 0.15) is 34.6 Å². The molecule has 0 radical (unpaired) electrons. The van der Waals surface area contributed by atoms with Gasteiger partial charge in [0.15, 0.2) is 0 Å². The third-order valence-corrected chi connectivity index (χ3v) is 2.54. The van der Waals surface area contributed by atoms with Gasteiger partial charge in [0.1, 0.15) is 0 Å². The monoisotopic (exact) mass is 232 g/mol. The first-order chi connectivity index (χ1) is 7.20. The fourth-order valence-electron chi connectivity index (χ4n) is 1.19. The van der Waals surface area contributed by atoms with Gasteiger partial charge in [0, 0.05) is 18.4 Å². The molecule has 0 bridgehead atoms. The van der Waals surface area contributed by atoms with E-state index in [4.69, 9.17) is 9.84 Å². The fraction of sp³-hybridized carbons (Fsp3) is 0.917. The second-order valence-electron chi connectivity index (χ2n) is 5.48. The molecule has 3 atom stereocenters. The van der Waals surface area contributed by atoms with Gasteiger partial charge in [-0.25, -0.2) is 0 Å². The van der Waals surface area contributed by atoms with Crippen molar-refractivity contribution >= 4 is 5.97 Å². The molecule has 0 aromatic rings. The lowest BCUT2D eigenvalue weighted by atomic mass is 9.94. The summed E-state index contributed by atoms with van der Waals surface area (Å²) in [6.07, 6.45) is -0.655. The molecule has 4 nitrogen and oxygen atoms in total. The van der Waals surface area contributed by atoms with Crippen molar-refractivity contribution in [1.29, 1.82) is 0 Å². The molecular formula is C12H24O4. The molecule has 0 amide bonds. The van der Waals surface area contributed by atoms with Crippen LogP contribution in [0.2, 0.25) is 0 Å². The Balaban J connectivity index is 4.08. The lowest BCUT2D eigenvalue weighted by Crippen LogP contribution is -2.33. The van der Waals surface area contributed by atoms with E-state index < -0.39 is 11.5 Å². The number of esters is 1. The smallest absolute Gasteiger partial charge is 0.311 e. The number of aliphatic hydroxyl groups excluding tert-OH is 2. The molecule has 0 aliphatic carbocycles. The zero-order valence-corrected chi connectivity index (χ0v) is 10.9. The van der Waals surface area contributed by atoms with Gasteiger partial charge >= 0.3 is 5.97 Å². The SMILES string of the molecule is C[C@H](CO)[C@H](O)[C@@H](C)COC(=O)C(C)(C)C. The van der Waals surface area contributed by atoms with Crippen molar-refractivity contribution in [2.75, 3.05) is 13.2 Å². The largest absolute Gasteiger partial charge is 0.465 e. The van der Waals surface area contributed by atoms with E-state index >= 15 is 0 Å². The van der Waals surface area contributed by atoms with Crippen LogP contribution in [-0.4, -0.2) is 35.5 Å². The van der Waals surface area contributed by atoms with Crippen LogP contribution in [0.3, 0.4) is 0 Å². The normalized spacial score (nSPS) is 17.7. The highest BCUT2D eigenvalue weighted by atomic mass is 16.5. The highest BCUT2D eigenvalue weighted by molar-refractivity contribution is 5.75. The van der Waals surface area contributed by atoms with Crippen LogP contribution >= 0.6 is 0 Å². The van der Waals surface area contributed by atoms with Crippen molar-refractivity contribution in [2.24, 2.45) is 17.3 Å². The van der Waals surface area contributed by atoms with Gasteiger partial charge in [-0.3, -0.25) is 4.79 Å². The number of hydrogen-bond donors (Lipinski definition) is 2. The number of hydrogen-bond acceptors (Lipinski definition) is 4. The second-order valence-corrected chi connectivity index (χ2v) is 5.48. The maximum absolute atomic E-state index is 11.5. The molecule has 2 N–H and O–H groups in total. The van der Waals surface area contributed by atoms with Crippen molar-refractivity contribution < 1.29 is 19.7 Å². The summed E-state index contributed by atoms with van der Waals surface area (Å²) in [5, 5.41) is 18.6. The molecule has 0 saturated carbocycles. The van der Waals surface area contributed by atoms with E-state index in [0.29, 0.717) is 0 Å². The first-order valence-corrected chi connectivity index (χ1v) is 5.66. The van der Waals surface area contributed by atoms with Crippen LogP contribution in [0.4, 0.5) is 0 Å². The third-order valence-electron chi connectivity index (χ3n) is 2.54. The molecule has 0 aromatic carbocycles. The van der Waals surface area contributed by atoms with E-state index in [2.05, 4.69) is 0 Å². The zero-order valence-electron chi connectivity index (χ0n) is 10.9. The summed E-state index contributed by atoms with van der Waals surface area (Å²) in [6.45, 7) is 9.02. The lowest BCUT2D eigenvalue weighted by Gasteiger charge is -2.24. The number of aliphatic hydroxyl groups is 2. The highest BCUT2D eigenvalue weighted by Gasteiger charge is 2.26. The standard InChI is InChI=1S/C12H24O4/c1-8(6-13)10(14)9(2)7-16-11(15)12(3,4)5/h8-10,13-14H,6-7H2,1-5H3/t8-,9+,10+/m1/s1. The van der Waals surface area contributed by atoms with Gasteiger partial charge < -0.3 is 14.9 Å². The van der Waals surface area contributed by atoms with Crippen LogP contribution in [0.25, 0.3) is 0 Å². The average Bonchev–Trinajstić information content (AvgIpc) is 2.21. The molecule has 4 heteroatoms. The Morgan fingerprint density at radius 2 is 1.75 bits per heavy atom. The Kier molecular flexibility index (Phi) is 5.97. The Morgan fingerprint density at radius 1 is 1.25 bits per heavy atom. The molecule has 0 aromatic heterocycles. The van der Waals surface area contributed by atoms with Crippen molar-refractivity contribution in [3.63, 3.8) is 0 Å². The van der Waals surface area contributed by atoms with Crippen LogP contribution < -0.4 is 0 Å². The summed E-state index contributed by atoms with van der Waals surface area (Å²) in [5.74, 6) is -0.653. The minimum atomic E-state index is -0.655. The summed E-state index contributed by atoms with van der Waals surface area (Å²) < 4.78 is 5.10. The molecule has 0 spiro atoms. The van der Waals surface area contributed by atoms with Crippen LogP contribution in [0.15, 0.2) is 0 Å². The van der Waals surface area contributed by atoms with Crippen molar-refractivity contribution in [3.8, 4) is 0 Å². The number of carbonyl (C=O) groups is 1. The van der Waals surface area contributed by atoms with Crippen molar-refractivity contribution in [3.05, 3.63) is 0 Å². The predicted molar refractivity (Wildman–Crippen MR) is 61.8 cm³/mol. The second kappa shape index (κ2) is 6.21. The molecule has 0 saturated heterocycles. The zero-order chi connectivity index (χ0) is 12.9. The Morgan fingerprint density at radius 3 is 2.12 bits per heavy atom. The molecule has 0 heterocycles. The first kappa shape index (κ1) is 15.4.